The minimum atomic E-state index is 0.283. The van der Waals surface area contributed by atoms with Gasteiger partial charge in [0.25, 0.3) is 0 Å². The van der Waals surface area contributed by atoms with E-state index in [1.54, 1.807) is 12.1 Å². The second-order valence-electron chi connectivity index (χ2n) is 3.69. The van der Waals surface area contributed by atoms with Crippen LogP contribution in [0.3, 0.4) is 0 Å². The summed E-state index contributed by atoms with van der Waals surface area (Å²) in [6.07, 6.45) is 0.722. The Morgan fingerprint density at radius 3 is 2.69 bits per heavy atom. The Morgan fingerprint density at radius 1 is 1.12 bits per heavy atom. The van der Waals surface area contributed by atoms with Crippen LogP contribution in [0.4, 0.5) is 5.69 Å². The summed E-state index contributed by atoms with van der Waals surface area (Å²) in [6.45, 7) is 0. The maximum Gasteiger partial charge on any atom is 0.115 e. The van der Waals surface area contributed by atoms with Crippen LogP contribution in [0.1, 0.15) is 11.1 Å². The minimum Gasteiger partial charge on any atom is -0.508 e. The highest BCUT2D eigenvalue weighted by molar-refractivity contribution is 9.10. The van der Waals surface area contributed by atoms with E-state index in [4.69, 9.17) is 5.73 Å². The number of phenols is 1. The molecule has 0 aliphatic rings. The third kappa shape index (κ3) is 2.55. The first kappa shape index (κ1) is 11.0. The molecule has 0 amide bonds. The first-order chi connectivity index (χ1) is 7.65. The highest BCUT2D eigenvalue weighted by Crippen LogP contribution is 2.22. The molecule has 0 fully saturated rings. The number of benzene rings is 2. The van der Waals surface area contributed by atoms with E-state index in [0.29, 0.717) is 0 Å². The molecule has 0 radical (unpaired) electrons. The molecule has 0 saturated heterocycles. The second-order valence-corrected chi connectivity index (χ2v) is 4.61. The molecule has 2 nitrogen and oxygen atoms in total. The zero-order valence-electron chi connectivity index (χ0n) is 8.65. The standard InChI is InChI=1S/C13H12BrNO/c14-11-4-5-13(15)10(8-11)6-9-2-1-3-12(16)7-9/h1-5,7-8,16H,6,15H2. The minimum absolute atomic E-state index is 0.283. The summed E-state index contributed by atoms with van der Waals surface area (Å²) in [5.41, 5.74) is 8.76. The van der Waals surface area contributed by atoms with E-state index in [0.717, 1.165) is 27.7 Å². The van der Waals surface area contributed by atoms with Gasteiger partial charge in [0.05, 0.1) is 0 Å². The molecule has 0 heterocycles. The Hall–Kier alpha value is -1.48. The number of aromatic hydroxyl groups is 1. The smallest absolute Gasteiger partial charge is 0.115 e. The van der Waals surface area contributed by atoms with Gasteiger partial charge in [0.1, 0.15) is 5.75 Å². The summed E-state index contributed by atoms with van der Waals surface area (Å²) in [5, 5.41) is 9.37. The van der Waals surface area contributed by atoms with Gasteiger partial charge < -0.3 is 10.8 Å². The van der Waals surface area contributed by atoms with Crippen molar-refractivity contribution in [2.45, 2.75) is 6.42 Å². The molecule has 0 atom stereocenters. The van der Waals surface area contributed by atoms with Crippen LogP contribution in [0.25, 0.3) is 0 Å². The molecule has 2 rings (SSSR count). The van der Waals surface area contributed by atoms with Gasteiger partial charge in [-0.2, -0.15) is 0 Å². The van der Waals surface area contributed by atoms with Crippen LogP contribution < -0.4 is 5.73 Å². The third-order valence-corrected chi connectivity index (χ3v) is 2.90. The molecule has 2 aromatic carbocycles. The van der Waals surface area contributed by atoms with Crippen LogP contribution in [-0.4, -0.2) is 5.11 Å². The zero-order chi connectivity index (χ0) is 11.5. The van der Waals surface area contributed by atoms with Crippen LogP contribution in [0.2, 0.25) is 0 Å². The molecule has 0 bridgehead atoms. The van der Waals surface area contributed by atoms with Crippen molar-refractivity contribution in [3.05, 3.63) is 58.1 Å². The fourth-order valence-corrected chi connectivity index (χ4v) is 2.02. The molecule has 3 heteroatoms. The summed E-state index contributed by atoms with van der Waals surface area (Å²) in [4.78, 5) is 0. The molecular formula is C13H12BrNO. The summed E-state index contributed by atoms with van der Waals surface area (Å²) in [5.74, 6) is 0.283. The molecule has 0 saturated carbocycles. The molecular weight excluding hydrogens is 266 g/mol. The number of rotatable bonds is 2. The Balaban J connectivity index is 2.30. The average molecular weight is 278 g/mol. The van der Waals surface area contributed by atoms with Crippen LogP contribution in [-0.2, 0) is 6.42 Å². The zero-order valence-corrected chi connectivity index (χ0v) is 10.2. The Labute approximate surface area is 103 Å². The number of nitrogen functional groups attached to an aromatic ring is 1. The van der Waals surface area contributed by atoms with E-state index >= 15 is 0 Å². The van der Waals surface area contributed by atoms with Crippen molar-refractivity contribution in [3.8, 4) is 5.75 Å². The van der Waals surface area contributed by atoms with Crippen molar-refractivity contribution < 1.29 is 5.11 Å². The number of halogens is 1. The Bertz CT molecular complexity index is 511. The summed E-state index contributed by atoms with van der Waals surface area (Å²) in [6, 6.07) is 13.0. The van der Waals surface area contributed by atoms with Gasteiger partial charge in [0.15, 0.2) is 0 Å². The molecule has 82 valence electrons. The van der Waals surface area contributed by atoms with Crippen molar-refractivity contribution in [3.63, 3.8) is 0 Å². The highest BCUT2D eigenvalue weighted by Gasteiger charge is 2.02. The Kier molecular flexibility index (Phi) is 3.15. The van der Waals surface area contributed by atoms with E-state index < -0.39 is 0 Å². The number of hydrogen-bond acceptors (Lipinski definition) is 2. The van der Waals surface area contributed by atoms with Gasteiger partial charge in [-0.25, -0.2) is 0 Å². The molecule has 0 spiro atoms. The summed E-state index contributed by atoms with van der Waals surface area (Å²) >= 11 is 3.42. The van der Waals surface area contributed by atoms with Gasteiger partial charge in [-0.05, 0) is 47.9 Å². The van der Waals surface area contributed by atoms with Crippen molar-refractivity contribution in [2.24, 2.45) is 0 Å². The van der Waals surface area contributed by atoms with E-state index in [9.17, 15) is 5.11 Å². The average Bonchev–Trinajstić information content (AvgIpc) is 2.24. The van der Waals surface area contributed by atoms with Crippen molar-refractivity contribution >= 4 is 21.6 Å². The molecule has 2 aromatic rings. The van der Waals surface area contributed by atoms with Gasteiger partial charge in [0.2, 0.25) is 0 Å². The summed E-state index contributed by atoms with van der Waals surface area (Å²) < 4.78 is 1.01. The fraction of sp³-hybridized carbons (Fsp3) is 0.0769. The topological polar surface area (TPSA) is 46.2 Å². The molecule has 3 N–H and O–H groups in total. The van der Waals surface area contributed by atoms with Crippen molar-refractivity contribution in [1.82, 2.24) is 0 Å². The largest absolute Gasteiger partial charge is 0.508 e. The lowest BCUT2D eigenvalue weighted by Crippen LogP contribution is -1.95. The second kappa shape index (κ2) is 4.58. The molecule has 0 aliphatic heterocycles. The lowest BCUT2D eigenvalue weighted by atomic mass is 10.0. The number of hydrogen-bond donors (Lipinski definition) is 2. The monoisotopic (exact) mass is 277 g/mol. The van der Waals surface area contributed by atoms with Crippen LogP contribution >= 0.6 is 15.9 Å². The van der Waals surface area contributed by atoms with Gasteiger partial charge in [-0.1, -0.05) is 28.1 Å². The lowest BCUT2D eigenvalue weighted by molar-refractivity contribution is 0.474. The summed E-state index contributed by atoms with van der Waals surface area (Å²) in [7, 11) is 0. The molecule has 0 unspecified atom stereocenters. The predicted octanol–water partition coefficient (Wildman–Crippen LogP) is 3.33. The quantitative estimate of drug-likeness (QED) is 0.828. The SMILES string of the molecule is Nc1ccc(Br)cc1Cc1cccc(O)c1. The van der Waals surface area contributed by atoms with E-state index in [-0.39, 0.29) is 5.75 Å². The number of anilines is 1. The van der Waals surface area contributed by atoms with Gasteiger partial charge in [-0.3, -0.25) is 0 Å². The van der Waals surface area contributed by atoms with E-state index in [1.165, 1.54) is 0 Å². The molecule has 16 heavy (non-hydrogen) atoms. The highest BCUT2D eigenvalue weighted by atomic mass is 79.9. The van der Waals surface area contributed by atoms with Crippen LogP contribution in [0.5, 0.6) is 5.75 Å². The maximum atomic E-state index is 9.37. The first-order valence-electron chi connectivity index (χ1n) is 4.97. The number of phenolic OH excluding ortho intramolecular Hbond substituents is 1. The van der Waals surface area contributed by atoms with Crippen molar-refractivity contribution in [2.75, 3.05) is 5.73 Å². The van der Waals surface area contributed by atoms with Gasteiger partial charge in [0, 0.05) is 10.2 Å². The van der Waals surface area contributed by atoms with E-state index in [1.807, 2.05) is 30.3 Å². The van der Waals surface area contributed by atoms with Crippen LogP contribution in [0, 0.1) is 0 Å². The van der Waals surface area contributed by atoms with Gasteiger partial charge >= 0.3 is 0 Å². The van der Waals surface area contributed by atoms with E-state index in [2.05, 4.69) is 15.9 Å². The predicted molar refractivity (Wildman–Crippen MR) is 69.5 cm³/mol. The third-order valence-electron chi connectivity index (χ3n) is 2.41. The molecule has 0 aliphatic carbocycles. The van der Waals surface area contributed by atoms with Gasteiger partial charge in [-0.15, -0.1) is 0 Å². The lowest BCUT2D eigenvalue weighted by Gasteiger charge is -2.06. The molecule has 0 aromatic heterocycles. The number of nitrogens with two attached hydrogens (primary N) is 1. The fourth-order valence-electron chi connectivity index (χ4n) is 1.61. The normalized spacial score (nSPS) is 10.3. The first-order valence-corrected chi connectivity index (χ1v) is 5.76. The maximum absolute atomic E-state index is 9.37. The van der Waals surface area contributed by atoms with Crippen LogP contribution in [0.15, 0.2) is 46.9 Å². The van der Waals surface area contributed by atoms with Crippen molar-refractivity contribution in [1.29, 1.82) is 0 Å². The Morgan fingerprint density at radius 2 is 1.94 bits per heavy atom.